The van der Waals surface area contributed by atoms with E-state index in [1.54, 1.807) is 38.1 Å². The van der Waals surface area contributed by atoms with Crippen LogP contribution in [0.3, 0.4) is 0 Å². The summed E-state index contributed by atoms with van der Waals surface area (Å²) < 4.78 is 8.03. The summed E-state index contributed by atoms with van der Waals surface area (Å²) in [7, 11) is 0. The molecule has 0 radical (unpaired) electrons. The van der Waals surface area contributed by atoms with E-state index in [1.807, 2.05) is 22.6 Å². The van der Waals surface area contributed by atoms with Crippen molar-refractivity contribution in [2.45, 2.75) is 26.0 Å². The first-order valence-electron chi connectivity index (χ1n) is 5.72. The molecule has 1 aromatic rings. The highest BCUT2D eigenvalue weighted by molar-refractivity contribution is 14.1. The summed E-state index contributed by atoms with van der Waals surface area (Å²) in [4.78, 5) is 0.506. The molecule has 19 heavy (non-hydrogen) atoms. The van der Waals surface area contributed by atoms with E-state index in [4.69, 9.17) is 4.74 Å². The molecule has 0 heterocycles. The van der Waals surface area contributed by atoms with Crippen LogP contribution in [0.2, 0.25) is 0 Å². The smallest absolute Gasteiger partial charge is 0.244 e. The summed E-state index contributed by atoms with van der Waals surface area (Å²) in [6.07, 6.45) is -0.661. The van der Waals surface area contributed by atoms with Crippen molar-refractivity contribution in [2.24, 2.45) is 5.11 Å². The second-order valence-electron chi connectivity index (χ2n) is 3.92. The van der Waals surface area contributed by atoms with Gasteiger partial charge in [0, 0.05) is 34.7 Å². The normalized spacial score (nSPS) is 14.2. The molecule has 0 aromatic heterocycles. The van der Waals surface area contributed by atoms with Gasteiger partial charge in [-0.25, -0.2) is 0 Å². The minimum Gasteiger partial charge on any atom is -0.594 e. The summed E-state index contributed by atoms with van der Waals surface area (Å²) in [6.45, 7) is 3.58. The van der Waals surface area contributed by atoms with Crippen LogP contribution in [0, 0.1) is 15.1 Å². The van der Waals surface area contributed by atoms with Gasteiger partial charge >= 0.3 is 0 Å². The molecule has 0 bridgehead atoms. The summed E-state index contributed by atoms with van der Waals surface area (Å²) in [5, 5.41) is 24.8. The molecule has 0 unspecified atom stereocenters. The lowest BCUT2D eigenvalue weighted by atomic mass is 10.2. The zero-order chi connectivity index (χ0) is 14.3. The molecule has 0 aliphatic rings. The van der Waals surface area contributed by atoms with Crippen LogP contribution >= 0.6 is 22.6 Å². The average Bonchev–Trinajstić information content (AvgIpc) is 2.39. The van der Waals surface area contributed by atoms with E-state index >= 15 is 0 Å². The Morgan fingerprint density at radius 3 is 2.58 bits per heavy atom. The molecular weight excluding hydrogens is 359 g/mol. The monoisotopic (exact) mass is 374 g/mol. The van der Waals surface area contributed by atoms with Gasteiger partial charge in [-0.3, -0.25) is 0 Å². The number of aliphatic hydroxyl groups excluding tert-OH is 1. The van der Waals surface area contributed by atoms with Crippen molar-refractivity contribution in [1.29, 1.82) is 0 Å². The minimum absolute atomic E-state index is 0.312. The van der Waals surface area contributed by atoms with Crippen molar-refractivity contribution in [1.82, 2.24) is 0 Å². The van der Waals surface area contributed by atoms with Crippen LogP contribution in [-0.4, -0.2) is 28.7 Å². The van der Waals surface area contributed by atoms with Crippen LogP contribution < -0.4 is 4.74 Å². The maximum absolute atomic E-state index is 11.7. The molecule has 0 spiro atoms. The van der Waals surface area contributed by atoms with Crippen LogP contribution in [-0.2, 0) is 0 Å². The van der Waals surface area contributed by atoms with Crippen LogP contribution in [0.1, 0.15) is 13.8 Å². The molecule has 0 saturated carbocycles. The molecule has 0 saturated heterocycles. The number of rotatable bonds is 5. The highest BCUT2D eigenvalue weighted by Gasteiger charge is 2.12. The Kier molecular flexibility index (Phi) is 6.59. The van der Waals surface area contributed by atoms with Gasteiger partial charge in [-0.15, -0.1) is 0 Å². The number of aliphatic hydroxyl groups is 1. The van der Waals surface area contributed by atoms with Crippen LogP contribution in [0.5, 0.6) is 5.75 Å². The van der Waals surface area contributed by atoms with Crippen LogP contribution in [0.15, 0.2) is 29.4 Å². The zero-order valence-electron chi connectivity index (χ0n) is 10.7. The van der Waals surface area contributed by atoms with Crippen molar-refractivity contribution in [2.75, 3.05) is 6.61 Å². The second-order valence-corrected chi connectivity index (χ2v) is 4.46. The maximum Gasteiger partial charge on any atom is 0.244 e. The van der Waals surface area contributed by atoms with E-state index in [-0.39, 0.29) is 0 Å². The Morgan fingerprint density at radius 2 is 2.05 bits per heavy atom. The highest BCUT2D eigenvalue weighted by Crippen LogP contribution is 2.18. The predicted octanol–water partition coefficient (Wildman–Crippen LogP) is 2.82. The van der Waals surface area contributed by atoms with Crippen molar-refractivity contribution < 1.29 is 14.7 Å². The third kappa shape index (κ3) is 5.44. The van der Waals surface area contributed by atoms with E-state index in [9.17, 15) is 10.3 Å². The molecule has 0 amide bonds. The van der Waals surface area contributed by atoms with E-state index < -0.39 is 12.1 Å². The van der Waals surface area contributed by atoms with Gasteiger partial charge < -0.3 is 15.1 Å². The topological polar surface area (TPSA) is 67.9 Å². The van der Waals surface area contributed by atoms with Gasteiger partial charge in [0.1, 0.15) is 18.4 Å². The fraction of sp³-hybridized carbons (Fsp3) is 0.385. The highest BCUT2D eigenvalue weighted by atomic mass is 127. The first kappa shape index (κ1) is 15.7. The van der Waals surface area contributed by atoms with Gasteiger partial charge in [0.25, 0.3) is 0 Å². The lowest BCUT2D eigenvalue weighted by molar-refractivity contribution is -0.447. The molecular formula is C13H15IN2O3. The Bertz CT molecular complexity index is 489. The van der Waals surface area contributed by atoms with Gasteiger partial charge in [0.05, 0.1) is 6.10 Å². The molecule has 2 atom stereocenters. The van der Waals surface area contributed by atoms with E-state index in [0.717, 1.165) is 0 Å². The van der Waals surface area contributed by atoms with Gasteiger partial charge in [-0.05, 0) is 35.0 Å². The standard InChI is InChI=1S/C13H15IN2O3/c1-10(11(2)17)15-16(18)12-4-6-13(7-5-12)19-9-3-8-14/h4-7,10-11,17H,9H2,1-2H3/t10-,11+/m0/s1. The van der Waals surface area contributed by atoms with Crippen molar-refractivity contribution in [3.05, 3.63) is 29.5 Å². The molecule has 6 heteroatoms. The number of benzene rings is 1. The number of ether oxygens (including phenoxy) is 1. The zero-order valence-corrected chi connectivity index (χ0v) is 12.9. The first-order valence-corrected chi connectivity index (χ1v) is 6.80. The maximum atomic E-state index is 11.7. The third-order valence-electron chi connectivity index (χ3n) is 2.42. The SMILES string of the molecule is C[C@H](N=[N+]([O-])c1ccc(OCC#CI)cc1)[C@@H](C)O. The molecule has 1 aromatic carbocycles. The Morgan fingerprint density at radius 1 is 1.42 bits per heavy atom. The number of azo groups is 1. The summed E-state index contributed by atoms with van der Waals surface area (Å²) in [5.41, 5.74) is 0.389. The van der Waals surface area contributed by atoms with E-state index in [1.165, 1.54) is 0 Å². The first-order chi connectivity index (χ1) is 9.04. The van der Waals surface area contributed by atoms with E-state index in [0.29, 0.717) is 22.9 Å². The summed E-state index contributed by atoms with van der Waals surface area (Å²) in [6, 6.07) is 6.12. The third-order valence-corrected chi connectivity index (χ3v) is 2.80. The van der Waals surface area contributed by atoms with E-state index in [2.05, 4.69) is 15.0 Å². The molecule has 0 aliphatic carbocycles. The number of hydrogen-bond donors (Lipinski definition) is 1. The van der Waals surface area contributed by atoms with Crippen molar-refractivity contribution in [3.63, 3.8) is 0 Å². The predicted molar refractivity (Wildman–Crippen MR) is 80.6 cm³/mol. The van der Waals surface area contributed by atoms with Gasteiger partial charge in [0.2, 0.25) is 5.69 Å². The van der Waals surface area contributed by atoms with Gasteiger partial charge in [-0.1, -0.05) is 10.8 Å². The van der Waals surface area contributed by atoms with Crippen molar-refractivity contribution >= 4 is 28.3 Å². The Labute approximate surface area is 126 Å². The quantitative estimate of drug-likeness (QED) is 0.283. The average molecular weight is 374 g/mol. The van der Waals surface area contributed by atoms with Gasteiger partial charge in [0.15, 0.2) is 0 Å². The summed E-state index contributed by atoms with van der Waals surface area (Å²) >= 11 is 1.94. The minimum atomic E-state index is -0.661. The molecule has 5 nitrogen and oxygen atoms in total. The fourth-order valence-electron chi connectivity index (χ4n) is 1.15. The van der Waals surface area contributed by atoms with Gasteiger partial charge in [-0.2, -0.15) is 0 Å². The lowest BCUT2D eigenvalue weighted by Gasteiger charge is -2.08. The fourth-order valence-corrected chi connectivity index (χ4v) is 1.30. The number of hydrogen-bond acceptors (Lipinski definition) is 4. The Hall–Kier alpha value is -1.33. The van der Waals surface area contributed by atoms with Crippen molar-refractivity contribution in [3.8, 4) is 15.6 Å². The molecule has 102 valence electrons. The number of halogens is 1. The second kappa shape index (κ2) is 7.96. The Balaban J connectivity index is 2.71. The van der Waals surface area contributed by atoms with Crippen LogP contribution in [0.25, 0.3) is 0 Å². The molecule has 0 aliphatic heterocycles. The molecule has 1 N–H and O–H groups in total. The summed E-state index contributed by atoms with van der Waals surface area (Å²) in [5.74, 6) is 3.41. The number of nitrogens with zero attached hydrogens (tertiary/aromatic N) is 2. The van der Waals surface area contributed by atoms with Crippen LogP contribution in [0.4, 0.5) is 5.69 Å². The lowest BCUT2D eigenvalue weighted by Crippen LogP contribution is -2.18. The largest absolute Gasteiger partial charge is 0.594 e. The molecule has 1 rings (SSSR count). The molecule has 0 fully saturated rings.